The van der Waals surface area contributed by atoms with E-state index in [1.54, 1.807) is 18.6 Å². The Morgan fingerprint density at radius 3 is 1.88 bits per heavy atom. The van der Waals surface area contributed by atoms with Crippen LogP contribution in [0.3, 0.4) is 0 Å². The summed E-state index contributed by atoms with van der Waals surface area (Å²) in [4.78, 5) is 17.4. The van der Waals surface area contributed by atoms with Crippen LogP contribution in [0.5, 0.6) is 0 Å². The fourth-order valence-electron chi connectivity index (χ4n) is 2.32. The van der Waals surface area contributed by atoms with Gasteiger partial charge in [0.05, 0.1) is 0 Å². The Kier molecular flexibility index (Phi) is 5.74. The van der Waals surface area contributed by atoms with E-state index in [9.17, 15) is 0 Å². The third-order valence-electron chi connectivity index (χ3n) is 3.55. The van der Waals surface area contributed by atoms with Crippen LogP contribution in [-0.2, 0) is 32.7 Å². The van der Waals surface area contributed by atoms with Gasteiger partial charge in [0.1, 0.15) is 0 Å². The van der Waals surface area contributed by atoms with Gasteiger partial charge in [-0.05, 0) is 24.3 Å². The number of hydrogen-bond acceptors (Lipinski definition) is 4. The van der Waals surface area contributed by atoms with Crippen LogP contribution < -0.4 is 0 Å². The third-order valence-corrected chi connectivity index (χ3v) is 3.55. The van der Waals surface area contributed by atoms with E-state index in [4.69, 9.17) is 0 Å². The predicted octanol–water partition coefficient (Wildman–Crippen LogP) is 3.87. The normalized spacial score (nSPS) is 10.1. The molecule has 117 valence electrons. The summed E-state index contributed by atoms with van der Waals surface area (Å²) in [6.45, 7) is 0. The van der Waals surface area contributed by atoms with Crippen molar-refractivity contribution in [3.63, 3.8) is 0 Å². The molecule has 0 aliphatic heterocycles. The van der Waals surface area contributed by atoms with Gasteiger partial charge in [-0.15, -0.1) is 12.1 Å². The summed E-state index contributed by atoms with van der Waals surface area (Å²) >= 11 is 0. The smallest absolute Gasteiger partial charge is 0.0465 e. The number of nitrogens with zero attached hydrogens (tertiary/aromatic N) is 4. The molecule has 0 unspecified atom stereocenters. The van der Waals surface area contributed by atoms with Crippen molar-refractivity contribution in [2.24, 2.45) is 0 Å². The molecule has 0 amide bonds. The molecule has 0 spiro atoms. The molecule has 0 atom stereocenters. The van der Waals surface area contributed by atoms with Crippen molar-refractivity contribution in [1.82, 2.24) is 19.9 Å². The average Bonchev–Trinajstić information content (AvgIpc) is 2.70. The van der Waals surface area contributed by atoms with E-state index in [-0.39, 0.29) is 32.7 Å². The minimum atomic E-state index is 0. The van der Waals surface area contributed by atoms with E-state index in [0.29, 0.717) is 0 Å². The van der Waals surface area contributed by atoms with Gasteiger partial charge in [-0.1, -0.05) is 24.5 Å². The molecule has 1 radical (unpaired) electrons. The Morgan fingerprint density at radius 2 is 1.36 bits per heavy atom. The number of hydrogen-bond donors (Lipinski definition) is 0. The first kappa shape index (κ1) is 17.5. The van der Waals surface area contributed by atoms with Gasteiger partial charge >= 0.3 is 0 Å². The predicted molar refractivity (Wildman–Crippen MR) is 91.6 cm³/mol. The summed E-state index contributed by atoms with van der Waals surface area (Å²) < 4.78 is 0. The zero-order chi connectivity index (χ0) is 16.2. The maximum atomic E-state index is 4.45. The minimum absolute atomic E-state index is 0. The van der Waals surface area contributed by atoms with Crippen molar-refractivity contribution in [2.75, 3.05) is 0 Å². The van der Waals surface area contributed by atoms with Crippen LogP contribution in [0.25, 0.3) is 33.9 Å². The van der Waals surface area contributed by atoms with Gasteiger partial charge in [-0.25, -0.2) is 11.1 Å². The van der Waals surface area contributed by atoms with Crippen molar-refractivity contribution in [3.05, 3.63) is 85.5 Å². The molecule has 25 heavy (non-hydrogen) atoms. The van der Waals surface area contributed by atoms with E-state index in [1.165, 1.54) is 0 Å². The van der Waals surface area contributed by atoms with Crippen molar-refractivity contribution < 1.29 is 32.7 Å². The summed E-state index contributed by atoms with van der Waals surface area (Å²) in [5.74, 6) is 0. The minimum Gasteiger partial charge on any atom is -0.361 e. The molecule has 5 heteroatoms. The van der Waals surface area contributed by atoms with Crippen molar-refractivity contribution in [1.29, 1.82) is 0 Å². The second-order valence-electron chi connectivity index (χ2n) is 5.13. The fourth-order valence-corrected chi connectivity index (χ4v) is 2.32. The van der Waals surface area contributed by atoms with E-state index < -0.39 is 0 Å². The first-order valence-electron chi connectivity index (χ1n) is 7.50. The van der Waals surface area contributed by atoms with E-state index in [2.05, 4.69) is 32.2 Å². The van der Waals surface area contributed by atoms with Gasteiger partial charge < -0.3 is 9.97 Å². The summed E-state index contributed by atoms with van der Waals surface area (Å²) in [6.07, 6.45) is 8.29. The van der Waals surface area contributed by atoms with Crippen LogP contribution in [0.4, 0.5) is 0 Å². The van der Waals surface area contributed by atoms with Crippen LogP contribution in [0.15, 0.2) is 73.2 Å². The van der Waals surface area contributed by atoms with E-state index in [0.717, 1.165) is 33.9 Å². The molecule has 0 aliphatic carbocycles. The number of pyridine rings is 4. The van der Waals surface area contributed by atoms with Gasteiger partial charge in [-0.2, -0.15) is 12.1 Å². The molecular weight excluding hydrogens is 385 g/mol. The second-order valence-corrected chi connectivity index (χ2v) is 5.13. The summed E-state index contributed by atoms with van der Waals surface area (Å²) in [7, 11) is 0. The Bertz CT molecular complexity index is 844. The molecule has 4 nitrogen and oxygen atoms in total. The monoisotopic (exact) mass is 397 g/mol. The van der Waals surface area contributed by atoms with E-state index >= 15 is 0 Å². The molecule has 4 heterocycles. The summed E-state index contributed by atoms with van der Waals surface area (Å²) in [5, 5.41) is 0. The second kappa shape index (κ2) is 8.19. The summed E-state index contributed by atoms with van der Waals surface area (Å²) in [6, 6.07) is 20.4. The average molecular weight is 397 g/mol. The van der Waals surface area contributed by atoms with Crippen LogP contribution in [0.1, 0.15) is 0 Å². The van der Waals surface area contributed by atoms with Gasteiger partial charge in [-0.3, -0.25) is 9.97 Å². The molecule has 0 aliphatic rings. The molecule has 0 aromatic carbocycles. The molecular formula is C20H12N4Y-2. The van der Waals surface area contributed by atoms with Crippen LogP contribution in [-0.4, -0.2) is 19.9 Å². The first-order chi connectivity index (χ1) is 11.9. The molecule has 4 rings (SSSR count). The maximum Gasteiger partial charge on any atom is 0.0465 e. The van der Waals surface area contributed by atoms with Gasteiger partial charge in [0.25, 0.3) is 0 Å². The first-order valence-corrected chi connectivity index (χ1v) is 7.50. The fraction of sp³-hybridized carbons (Fsp3) is 0. The Labute approximate surface area is 171 Å². The Balaban J connectivity index is 0.00000182. The quantitative estimate of drug-likeness (QED) is 0.493. The van der Waals surface area contributed by atoms with Crippen LogP contribution >= 0.6 is 0 Å². The molecule has 4 aromatic heterocycles. The van der Waals surface area contributed by atoms with Crippen LogP contribution in [0.2, 0.25) is 0 Å². The Morgan fingerprint density at radius 1 is 0.640 bits per heavy atom. The topological polar surface area (TPSA) is 51.6 Å². The molecule has 0 saturated heterocycles. The van der Waals surface area contributed by atoms with Gasteiger partial charge in [0.2, 0.25) is 0 Å². The van der Waals surface area contributed by atoms with Crippen LogP contribution in [0, 0.1) is 12.3 Å². The molecule has 0 bridgehead atoms. The summed E-state index contributed by atoms with van der Waals surface area (Å²) in [5.41, 5.74) is 4.92. The standard InChI is InChI=1S/C20H12N4.Y/c1-3-11-21-17(5-1)19-9-7-15(13-23-19)16-8-10-20(24-14-16)18-6-2-4-12-22-18;/h1-7,9-12,14H;/q-2;. The van der Waals surface area contributed by atoms with E-state index in [1.807, 2.05) is 54.6 Å². The zero-order valence-corrected chi connectivity index (χ0v) is 16.1. The SMILES string of the molecule is [Y].[c-]1nc(-c2ccccn2)ccc1-c1[c-]cc(-c2ccccn2)nc1. The van der Waals surface area contributed by atoms with Gasteiger partial charge in [0.15, 0.2) is 0 Å². The largest absolute Gasteiger partial charge is 0.361 e. The molecule has 0 fully saturated rings. The molecule has 0 saturated carbocycles. The zero-order valence-electron chi connectivity index (χ0n) is 13.3. The number of rotatable bonds is 3. The molecule has 0 N–H and O–H groups in total. The van der Waals surface area contributed by atoms with Crippen molar-refractivity contribution >= 4 is 0 Å². The van der Waals surface area contributed by atoms with Crippen molar-refractivity contribution in [3.8, 4) is 33.9 Å². The molecule has 4 aromatic rings. The maximum absolute atomic E-state index is 4.45. The third kappa shape index (κ3) is 4.03. The van der Waals surface area contributed by atoms with Crippen molar-refractivity contribution in [2.45, 2.75) is 0 Å². The number of aromatic nitrogens is 4. The van der Waals surface area contributed by atoms with Gasteiger partial charge in [0, 0.05) is 67.9 Å². The Hall–Kier alpha value is -2.30.